The first kappa shape index (κ1) is 17.7. The second-order valence-corrected chi connectivity index (χ2v) is 6.05. The van der Waals surface area contributed by atoms with Crippen LogP contribution >= 0.6 is 11.6 Å². The van der Waals surface area contributed by atoms with E-state index in [1.807, 2.05) is 12.1 Å². The number of halogens is 1. The van der Waals surface area contributed by atoms with Crippen molar-refractivity contribution in [1.29, 1.82) is 0 Å². The Morgan fingerprint density at radius 2 is 1.77 bits per heavy atom. The number of aromatic nitrogens is 1. The van der Waals surface area contributed by atoms with Crippen LogP contribution in [0.2, 0.25) is 5.02 Å². The van der Waals surface area contributed by atoms with Gasteiger partial charge in [0.2, 0.25) is 11.8 Å². The van der Waals surface area contributed by atoms with Gasteiger partial charge in [0.25, 0.3) is 0 Å². The Kier molecular flexibility index (Phi) is 5.34. The average Bonchev–Trinajstić information content (AvgIpc) is 3.10. The van der Waals surface area contributed by atoms with Gasteiger partial charge in [-0.05, 0) is 48.5 Å². The van der Waals surface area contributed by atoms with Gasteiger partial charge in [0, 0.05) is 34.7 Å². The van der Waals surface area contributed by atoms with Gasteiger partial charge in [-0.3, -0.25) is 9.59 Å². The largest absolute Gasteiger partial charge is 0.441 e. The topological polar surface area (TPSA) is 98.2 Å². The molecule has 0 saturated carbocycles. The van der Waals surface area contributed by atoms with Crippen LogP contribution in [-0.4, -0.2) is 16.8 Å². The van der Waals surface area contributed by atoms with Gasteiger partial charge in [-0.15, -0.1) is 0 Å². The zero-order chi connectivity index (χ0) is 18.5. The van der Waals surface area contributed by atoms with E-state index >= 15 is 0 Å². The van der Waals surface area contributed by atoms with Gasteiger partial charge in [0.05, 0.1) is 6.20 Å². The zero-order valence-electron chi connectivity index (χ0n) is 13.7. The summed E-state index contributed by atoms with van der Waals surface area (Å²) in [4.78, 5) is 27.3. The van der Waals surface area contributed by atoms with E-state index in [4.69, 9.17) is 21.8 Å². The molecule has 0 aliphatic carbocycles. The number of carbonyl (C=O) groups is 2. The number of hydrogen-bond donors (Lipinski definition) is 2. The molecule has 132 valence electrons. The summed E-state index contributed by atoms with van der Waals surface area (Å²) in [5, 5.41) is 3.40. The Morgan fingerprint density at radius 3 is 2.42 bits per heavy atom. The lowest BCUT2D eigenvalue weighted by Gasteiger charge is -2.04. The molecule has 3 aromatic rings. The lowest BCUT2D eigenvalue weighted by molar-refractivity contribution is -0.116. The highest BCUT2D eigenvalue weighted by Crippen LogP contribution is 2.22. The Bertz CT molecular complexity index is 918. The van der Waals surface area contributed by atoms with E-state index in [0.717, 1.165) is 5.56 Å². The minimum atomic E-state index is -0.511. The predicted molar refractivity (Wildman–Crippen MR) is 98.9 cm³/mol. The standard InChI is InChI=1S/C19H16ClN3O3/c20-14-5-1-12(2-6-14)16-11-22-18(26-16)10-9-17(24)23-15-7-3-13(4-8-15)19(21)25/h1-8,11H,9-10H2,(H2,21,25)(H,23,24). The van der Waals surface area contributed by atoms with E-state index in [2.05, 4.69) is 10.3 Å². The van der Waals surface area contributed by atoms with E-state index in [-0.39, 0.29) is 12.3 Å². The van der Waals surface area contributed by atoms with Gasteiger partial charge in [0.15, 0.2) is 11.7 Å². The Morgan fingerprint density at radius 1 is 1.08 bits per heavy atom. The molecule has 26 heavy (non-hydrogen) atoms. The number of nitrogens with zero attached hydrogens (tertiary/aromatic N) is 1. The molecular weight excluding hydrogens is 354 g/mol. The highest BCUT2D eigenvalue weighted by atomic mass is 35.5. The lowest BCUT2D eigenvalue weighted by Crippen LogP contribution is -2.13. The monoisotopic (exact) mass is 369 g/mol. The molecule has 2 aromatic carbocycles. The number of rotatable bonds is 6. The summed E-state index contributed by atoms with van der Waals surface area (Å²) in [6.45, 7) is 0. The van der Waals surface area contributed by atoms with E-state index in [9.17, 15) is 9.59 Å². The molecule has 0 bridgehead atoms. The number of benzene rings is 2. The maximum Gasteiger partial charge on any atom is 0.248 e. The molecule has 0 atom stereocenters. The summed E-state index contributed by atoms with van der Waals surface area (Å²) in [5.74, 6) is 0.416. The van der Waals surface area contributed by atoms with Crippen molar-refractivity contribution >= 4 is 29.1 Å². The number of hydrogen-bond acceptors (Lipinski definition) is 4. The van der Waals surface area contributed by atoms with E-state index in [1.54, 1.807) is 42.6 Å². The van der Waals surface area contributed by atoms with Gasteiger partial charge in [-0.2, -0.15) is 0 Å². The smallest absolute Gasteiger partial charge is 0.248 e. The number of nitrogens with one attached hydrogen (secondary N) is 1. The first-order valence-electron chi connectivity index (χ1n) is 7.91. The molecule has 0 unspecified atom stereocenters. The third-order valence-corrected chi connectivity index (χ3v) is 3.95. The number of aryl methyl sites for hydroxylation is 1. The summed E-state index contributed by atoms with van der Waals surface area (Å²) in [5.41, 5.74) is 7.02. The van der Waals surface area contributed by atoms with Crippen molar-refractivity contribution in [3.05, 3.63) is 71.2 Å². The van der Waals surface area contributed by atoms with Gasteiger partial charge >= 0.3 is 0 Å². The normalized spacial score (nSPS) is 10.5. The molecule has 0 aliphatic rings. The number of primary amides is 1. The minimum absolute atomic E-state index is 0.178. The second-order valence-electron chi connectivity index (χ2n) is 5.61. The van der Waals surface area contributed by atoms with Crippen molar-refractivity contribution < 1.29 is 14.0 Å². The van der Waals surface area contributed by atoms with Crippen LogP contribution in [0.5, 0.6) is 0 Å². The first-order valence-corrected chi connectivity index (χ1v) is 8.29. The molecule has 1 aromatic heterocycles. The number of nitrogens with two attached hydrogens (primary N) is 1. The van der Waals surface area contributed by atoms with Crippen molar-refractivity contribution in [2.45, 2.75) is 12.8 Å². The number of carbonyl (C=O) groups excluding carboxylic acids is 2. The molecule has 1 heterocycles. The SMILES string of the molecule is NC(=O)c1ccc(NC(=O)CCc2ncc(-c3ccc(Cl)cc3)o2)cc1. The fourth-order valence-corrected chi connectivity index (χ4v) is 2.46. The fraction of sp³-hybridized carbons (Fsp3) is 0.105. The van der Waals surface area contributed by atoms with Crippen molar-refractivity contribution in [2.75, 3.05) is 5.32 Å². The van der Waals surface area contributed by atoms with Crippen LogP contribution in [0.15, 0.2) is 59.1 Å². The second kappa shape index (κ2) is 7.84. The van der Waals surface area contributed by atoms with Crippen molar-refractivity contribution in [2.24, 2.45) is 5.73 Å². The number of amides is 2. The van der Waals surface area contributed by atoms with Gasteiger partial charge in [-0.25, -0.2) is 4.98 Å². The van der Waals surface area contributed by atoms with Crippen LogP contribution in [-0.2, 0) is 11.2 Å². The number of oxazole rings is 1. The maximum absolute atomic E-state index is 12.0. The third-order valence-electron chi connectivity index (χ3n) is 3.70. The molecule has 0 saturated heterocycles. The highest BCUT2D eigenvalue weighted by molar-refractivity contribution is 6.30. The van der Waals surface area contributed by atoms with E-state index in [1.165, 1.54) is 0 Å². The quantitative estimate of drug-likeness (QED) is 0.692. The van der Waals surface area contributed by atoms with Crippen LogP contribution < -0.4 is 11.1 Å². The van der Waals surface area contributed by atoms with Crippen LogP contribution in [0.3, 0.4) is 0 Å². The highest BCUT2D eigenvalue weighted by Gasteiger charge is 2.10. The molecule has 0 radical (unpaired) electrons. The third kappa shape index (κ3) is 4.49. The van der Waals surface area contributed by atoms with Crippen LogP contribution in [0.1, 0.15) is 22.7 Å². The van der Waals surface area contributed by atoms with Crippen LogP contribution in [0.4, 0.5) is 5.69 Å². The van der Waals surface area contributed by atoms with Crippen LogP contribution in [0.25, 0.3) is 11.3 Å². The van der Waals surface area contributed by atoms with Crippen molar-refractivity contribution in [3.63, 3.8) is 0 Å². The summed E-state index contributed by atoms with van der Waals surface area (Å²) < 4.78 is 5.67. The Labute approximate surface area is 155 Å². The average molecular weight is 370 g/mol. The minimum Gasteiger partial charge on any atom is -0.441 e. The molecule has 6 nitrogen and oxygen atoms in total. The fourth-order valence-electron chi connectivity index (χ4n) is 2.34. The van der Waals surface area contributed by atoms with E-state index < -0.39 is 5.91 Å². The maximum atomic E-state index is 12.0. The molecular formula is C19H16ClN3O3. The Hall–Kier alpha value is -3.12. The van der Waals surface area contributed by atoms with Crippen molar-refractivity contribution in [1.82, 2.24) is 4.98 Å². The molecule has 0 spiro atoms. The summed E-state index contributed by atoms with van der Waals surface area (Å²) in [6, 6.07) is 13.6. The summed E-state index contributed by atoms with van der Waals surface area (Å²) >= 11 is 5.87. The van der Waals surface area contributed by atoms with Crippen LogP contribution in [0, 0.1) is 0 Å². The van der Waals surface area contributed by atoms with Gasteiger partial charge in [0.1, 0.15) is 0 Å². The molecule has 3 N–H and O–H groups in total. The number of anilines is 1. The Balaban J connectivity index is 1.54. The molecule has 0 fully saturated rings. The summed E-state index contributed by atoms with van der Waals surface area (Å²) in [6.07, 6.45) is 2.22. The molecule has 3 rings (SSSR count). The molecule has 0 aliphatic heterocycles. The summed E-state index contributed by atoms with van der Waals surface area (Å²) in [7, 11) is 0. The van der Waals surface area contributed by atoms with Gasteiger partial charge in [-0.1, -0.05) is 11.6 Å². The predicted octanol–water partition coefficient (Wildman–Crippen LogP) is 3.67. The molecule has 2 amide bonds. The molecule has 7 heteroatoms. The lowest BCUT2D eigenvalue weighted by atomic mass is 10.2. The van der Waals surface area contributed by atoms with E-state index in [0.29, 0.717) is 34.3 Å². The first-order chi connectivity index (χ1) is 12.5. The van der Waals surface area contributed by atoms with Crippen molar-refractivity contribution in [3.8, 4) is 11.3 Å². The zero-order valence-corrected chi connectivity index (χ0v) is 14.5. The van der Waals surface area contributed by atoms with Gasteiger partial charge < -0.3 is 15.5 Å².